The first-order chi connectivity index (χ1) is 16.4. The number of aliphatic carboxylic acids is 1. The second-order valence-corrected chi connectivity index (χ2v) is 7.90. The second kappa shape index (κ2) is 10.2. The van der Waals surface area contributed by atoms with E-state index in [0.29, 0.717) is 5.89 Å². The molecule has 0 saturated heterocycles. The summed E-state index contributed by atoms with van der Waals surface area (Å²) in [5, 5.41) is 17.8. The Labute approximate surface area is 195 Å². The number of benzene rings is 2. The average molecular weight is 464 g/mol. The number of carboxylic acids is 1. The van der Waals surface area contributed by atoms with Gasteiger partial charge in [-0.1, -0.05) is 53.7 Å². The van der Waals surface area contributed by atoms with E-state index in [1.54, 1.807) is 6.92 Å². The molecule has 0 radical (unpaired) electrons. The minimum atomic E-state index is -1.10. The summed E-state index contributed by atoms with van der Waals surface area (Å²) in [6, 6.07) is 14.8. The van der Waals surface area contributed by atoms with Crippen LogP contribution in [0.3, 0.4) is 0 Å². The van der Waals surface area contributed by atoms with E-state index in [1.807, 2.05) is 48.5 Å². The molecule has 0 aliphatic heterocycles. The van der Waals surface area contributed by atoms with Crippen molar-refractivity contribution in [1.29, 1.82) is 0 Å². The maximum atomic E-state index is 12.6. The van der Waals surface area contributed by atoms with Crippen molar-refractivity contribution in [3.05, 3.63) is 71.4 Å². The zero-order chi connectivity index (χ0) is 24.1. The number of carbonyl (C=O) groups is 3. The summed E-state index contributed by atoms with van der Waals surface area (Å²) < 4.78 is 10.3. The number of carboxylic acid groups (broad SMARTS) is 1. The van der Waals surface area contributed by atoms with E-state index in [2.05, 4.69) is 20.8 Å². The zero-order valence-corrected chi connectivity index (χ0v) is 18.5. The molecule has 1 aromatic heterocycles. The number of nitrogens with one attached hydrogen (secondary N) is 2. The molecular weight excluding hydrogens is 440 g/mol. The Morgan fingerprint density at radius 2 is 1.74 bits per heavy atom. The molecule has 0 bridgehead atoms. The highest BCUT2D eigenvalue weighted by atomic mass is 16.5. The second-order valence-electron chi connectivity index (χ2n) is 7.90. The molecule has 0 fully saturated rings. The summed E-state index contributed by atoms with van der Waals surface area (Å²) >= 11 is 0. The Morgan fingerprint density at radius 1 is 1.09 bits per heavy atom. The lowest BCUT2D eigenvalue weighted by atomic mass is 9.98. The molecule has 1 unspecified atom stereocenters. The third-order valence-electron chi connectivity index (χ3n) is 5.59. The quantitative estimate of drug-likeness (QED) is 0.439. The first kappa shape index (κ1) is 23.0. The average Bonchev–Trinajstić information content (AvgIpc) is 3.39. The molecule has 10 nitrogen and oxygen atoms in total. The third-order valence-corrected chi connectivity index (χ3v) is 5.59. The van der Waals surface area contributed by atoms with Gasteiger partial charge in [0.05, 0.1) is 6.54 Å². The van der Waals surface area contributed by atoms with E-state index in [-0.39, 0.29) is 37.7 Å². The SMILES string of the molecule is Cc1nc(CNC(=O)C(CCC(=O)O)NC(=O)OCC2c3ccccc3-c3ccccc32)no1. The van der Waals surface area contributed by atoms with Crippen molar-refractivity contribution < 1.29 is 28.8 Å². The van der Waals surface area contributed by atoms with E-state index < -0.39 is 24.0 Å². The van der Waals surface area contributed by atoms with Crippen LogP contribution in [0, 0.1) is 6.92 Å². The van der Waals surface area contributed by atoms with Crippen molar-refractivity contribution in [1.82, 2.24) is 20.8 Å². The van der Waals surface area contributed by atoms with Gasteiger partial charge in [0.25, 0.3) is 0 Å². The van der Waals surface area contributed by atoms with E-state index in [1.165, 1.54) is 0 Å². The first-order valence-electron chi connectivity index (χ1n) is 10.8. The Bertz CT molecular complexity index is 1160. The van der Waals surface area contributed by atoms with Gasteiger partial charge in [-0.15, -0.1) is 0 Å². The van der Waals surface area contributed by atoms with Crippen molar-refractivity contribution >= 4 is 18.0 Å². The lowest BCUT2D eigenvalue weighted by molar-refractivity contribution is -0.137. The standard InChI is InChI=1S/C24H24N4O6/c1-14-26-21(28-34-14)12-25-23(31)20(10-11-22(29)30)27-24(32)33-13-19-17-8-4-2-6-15(17)16-7-3-5-9-18(16)19/h2-9,19-20H,10-13H2,1H3,(H,25,31)(H,27,32)(H,29,30). The van der Waals surface area contributed by atoms with E-state index in [0.717, 1.165) is 22.3 Å². The summed E-state index contributed by atoms with van der Waals surface area (Å²) in [6.07, 6.45) is -1.21. The van der Waals surface area contributed by atoms with Crippen molar-refractivity contribution in [2.75, 3.05) is 6.61 Å². The molecule has 1 atom stereocenters. The molecule has 176 valence electrons. The maximum absolute atomic E-state index is 12.6. The largest absolute Gasteiger partial charge is 0.481 e. The fourth-order valence-corrected chi connectivity index (χ4v) is 4.02. The predicted octanol–water partition coefficient (Wildman–Crippen LogP) is 2.77. The Morgan fingerprint density at radius 3 is 2.32 bits per heavy atom. The summed E-state index contributed by atoms with van der Waals surface area (Å²) in [7, 11) is 0. The molecule has 2 amide bonds. The number of carbonyl (C=O) groups excluding carboxylic acids is 2. The molecule has 3 N–H and O–H groups in total. The van der Waals surface area contributed by atoms with Crippen LogP contribution in [0.5, 0.6) is 0 Å². The van der Waals surface area contributed by atoms with Crippen LogP contribution in [0.15, 0.2) is 53.1 Å². The number of ether oxygens (including phenoxy) is 1. The minimum Gasteiger partial charge on any atom is -0.481 e. The summed E-state index contributed by atoms with van der Waals surface area (Å²) in [4.78, 5) is 40.2. The lowest BCUT2D eigenvalue weighted by Crippen LogP contribution is -2.47. The molecule has 1 heterocycles. The predicted molar refractivity (Wildman–Crippen MR) is 120 cm³/mol. The molecule has 1 aliphatic rings. The molecule has 0 spiro atoms. The molecule has 2 aromatic carbocycles. The van der Waals surface area contributed by atoms with Gasteiger partial charge in [-0.3, -0.25) is 9.59 Å². The van der Waals surface area contributed by atoms with Gasteiger partial charge in [-0.05, 0) is 28.7 Å². The normalized spacial score (nSPS) is 13.0. The topological polar surface area (TPSA) is 144 Å². The van der Waals surface area contributed by atoms with Crippen LogP contribution in [0.1, 0.15) is 41.6 Å². The van der Waals surface area contributed by atoms with Gasteiger partial charge in [0.2, 0.25) is 11.8 Å². The summed E-state index contributed by atoms with van der Waals surface area (Å²) in [5.74, 6) is -1.17. The smallest absolute Gasteiger partial charge is 0.407 e. The first-order valence-corrected chi connectivity index (χ1v) is 10.8. The Hall–Kier alpha value is -4.21. The number of aryl methyl sites for hydroxylation is 1. The number of nitrogens with zero attached hydrogens (tertiary/aromatic N) is 2. The van der Waals surface area contributed by atoms with Gasteiger partial charge in [-0.25, -0.2) is 4.79 Å². The summed E-state index contributed by atoms with van der Waals surface area (Å²) in [6.45, 7) is 1.67. The van der Waals surface area contributed by atoms with Gasteiger partial charge in [0.15, 0.2) is 5.82 Å². The van der Waals surface area contributed by atoms with Crippen LogP contribution in [0.25, 0.3) is 11.1 Å². The number of alkyl carbamates (subject to hydrolysis) is 1. The van der Waals surface area contributed by atoms with Crippen LogP contribution < -0.4 is 10.6 Å². The Balaban J connectivity index is 1.38. The fourth-order valence-electron chi connectivity index (χ4n) is 4.02. The van der Waals surface area contributed by atoms with Gasteiger partial charge in [-0.2, -0.15) is 4.98 Å². The Kier molecular flexibility index (Phi) is 6.86. The van der Waals surface area contributed by atoms with E-state index >= 15 is 0 Å². The molecule has 4 rings (SSSR count). The van der Waals surface area contributed by atoms with Crippen molar-refractivity contribution in [3.8, 4) is 11.1 Å². The highest BCUT2D eigenvalue weighted by Crippen LogP contribution is 2.44. The van der Waals surface area contributed by atoms with Crippen molar-refractivity contribution in [2.24, 2.45) is 0 Å². The number of fused-ring (bicyclic) bond motifs is 3. The van der Waals surface area contributed by atoms with Gasteiger partial charge >= 0.3 is 12.1 Å². The van der Waals surface area contributed by atoms with Crippen LogP contribution in [-0.2, 0) is 20.9 Å². The minimum absolute atomic E-state index is 0.0217. The van der Waals surface area contributed by atoms with Crippen LogP contribution in [0.2, 0.25) is 0 Å². The number of hydrogen-bond acceptors (Lipinski definition) is 7. The van der Waals surface area contributed by atoms with Crippen molar-refractivity contribution in [2.45, 2.75) is 38.3 Å². The molecule has 0 saturated carbocycles. The van der Waals surface area contributed by atoms with Gasteiger partial charge in [0.1, 0.15) is 12.6 Å². The monoisotopic (exact) mass is 464 g/mol. The van der Waals surface area contributed by atoms with Crippen LogP contribution >= 0.6 is 0 Å². The molecule has 3 aromatic rings. The highest BCUT2D eigenvalue weighted by Gasteiger charge is 2.30. The molecular formula is C24H24N4O6. The highest BCUT2D eigenvalue weighted by molar-refractivity contribution is 5.86. The van der Waals surface area contributed by atoms with Crippen molar-refractivity contribution in [3.63, 3.8) is 0 Å². The third kappa shape index (κ3) is 5.22. The van der Waals surface area contributed by atoms with Gasteiger partial charge < -0.3 is 25.0 Å². The van der Waals surface area contributed by atoms with Crippen LogP contribution in [0.4, 0.5) is 4.79 Å². The zero-order valence-electron chi connectivity index (χ0n) is 18.5. The summed E-state index contributed by atoms with van der Waals surface area (Å²) in [5.41, 5.74) is 4.32. The number of amides is 2. The number of rotatable bonds is 9. The molecule has 10 heteroatoms. The van der Waals surface area contributed by atoms with E-state index in [4.69, 9.17) is 14.4 Å². The maximum Gasteiger partial charge on any atom is 0.407 e. The van der Waals surface area contributed by atoms with Crippen LogP contribution in [-0.4, -0.2) is 45.9 Å². The van der Waals surface area contributed by atoms with Gasteiger partial charge in [0, 0.05) is 19.3 Å². The molecule has 1 aliphatic carbocycles. The number of hydrogen-bond donors (Lipinski definition) is 3. The lowest BCUT2D eigenvalue weighted by Gasteiger charge is -2.19. The fraction of sp³-hybridized carbons (Fsp3) is 0.292. The molecule has 34 heavy (non-hydrogen) atoms. The van der Waals surface area contributed by atoms with E-state index in [9.17, 15) is 14.4 Å². The number of aromatic nitrogens is 2.